The molecule has 0 amide bonds. The van der Waals surface area contributed by atoms with Crippen LogP contribution < -0.4 is 0 Å². The minimum absolute atomic E-state index is 0.349. The van der Waals surface area contributed by atoms with Gasteiger partial charge in [0.2, 0.25) is 5.24 Å². The molecule has 0 unspecified atom stereocenters. The third-order valence-electron chi connectivity index (χ3n) is 1.25. The molecule has 0 aromatic carbocycles. The molecule has 0 saturated heterocycles. The van der Waals surface area contributed by atoms with Crippen LogP contribution in [0.25, 0.3) is 0 Å². The van der Waals surface area contributed by atoms with Crippen LogP contribution >= 0.6 is 11.6 Å². The van der Waals surface area contributed by atoms with Crippen molar-refractivity contribution >= 4 is 16.8 Å². The summed E-state index contributed by atoms with van der Waals surface area (Å²) in [7, 11) is 0. The molecule has 0 saturated carbocycles. The van der Waals surface area contributed by atoms with E-state index in [4.69, 9.17) is 16.0 Å². The molecule has 0 spiro atoms. The normalized spacial score (nSPS) is 9.55. The smallest absolute Gasteiger partial charge is 0.248 e. The summed E-state index contributed by atoms with van der Waals surface area (Å²) in [4.78, 5) is 10.5. The fourth-order valence-electron chi connectivity index (χ4n) is 0.693. The second-order valence-electron chi connectivity index (χ2n) is 2.13. The zero-order chi connectivity index (χ0) is 8.27. The van der Waals surface area contributed by atoms with E-state index in [2.05, 4.69) is 6.58 Å². The van der Waals surface area contributed by atoms with Gasteiger partial charge in [-0.1, -0.05) is 6.58 Å². The first-order valence-corrected chi connectivity index (χ1v) is 3.48. The fraction of sp³-hybridized carbons (Fsp3) is 0.125. The average molecular weight is 171 g/mol. The molecule has 0 aliphatic carbocycles. The molecule has 0 atom stereocenters. The SMILES string of the molecule is C=C(Cc1ccco1)C(=O)Cl. The van der Waals surface area contributed by atoms with Crippen molar-refractivity contribution in [2.24, 2.45) is 0 Å². The zero-order valence-corrected chi connectivity index (χ0v) is 6.60. The molecular weight excluding hydrogens is 164 g/mol. The number of allylic oxidation sites excluding steroid dienone is 1. The van der Waals surface area contributed by atoms with E-state index in [1.165, 1.54) is 0 Å². The molecule has 1 aromatic heterocycles. The number of carbonyl (C=O) groups excluding carboxylic acids is 1. The number of furan rings is 1. The Morgan fingerprint density at radius 3 is 2.91 bits per heavy atom. The fourth-order valence-corrected chi connectivity index (χ4v) is 0.760. The standard InChI is InChI=1S/C8H7ClO2/c1-6(8(9)10)5-7-3-2-4-11-7/h2-4H,1,5H2. The van der Waals surface area contributed by atoms with Crippen molar-refractivity contribution in [3.8, 4) is 0 Å². The second-order valence-corrected chi connectivity index (χ2v) is 2.48. The van der Waals surface area contributed by atoms with Crippen molar-refractivity contribution in [3.63, 3.8) is 0 Å². The topological polar surface area (TPSA) is 30.2 Å². The van der Waals surface area contributed by atoms with E-state index in [-0.39, 0.29) is 0 Å². The summed E-state index contributed by atoms with van der Waals surface area (Å²) in [6.45, 7) is 3.49. The Kier molecular flexibility index (Phi) is 2.49. The van der Waals surface area contributed by atoms with E-state index in [1.54, 1.807) is 18.4 Å². The number of hydrogen-bond donors (Lipinski definition) is 0. The molecule has 0 aliphatic heterocycles. The molecule has 2 nitrogen and oxygen atoms in total. The van der Waals surface area contributed by atoms with Crippen molar-refractivity contribution in [1.29, 1.82) is 0 Å². The van der Waals surface area contributed by atoms with Gasteiger partial charge in [0.1, 0.15) is 5.76 Å². The molecule has 1 heterocycles. The van der Waals surface area contributed by atoms with E-state index in [1.807, 2.05) is 0 Å². The average Bonchev–Trinajstić information content (AvgIpc) is 2.39. The van der Waals surface area contributed by atoms with Crippen LogP contribution in [-0.2, 0) is 11.2 Å². The summed E-state index contributed by atoms with van der Waals surface area (Å²) in [6, 6.07) is 3.52. The predicted octanol–water partition coefficient (Wildman–Crippen LogP) is 2.14. The molecule has 3 heteroatoms. The van der Waals surface area contributed by atoms with Crippen LogP contribution in [0.3, 0.4) is 0 Å². The maximum Gasteiger partial charge on any atom is 0.248 e. The van der Waals surface area contributed by atoms with Crippen molar-refractivity contribution in [2.75, 3.05) is 0 Å². The number of hydrogen-bond acceptors (Lipinski definition) is 2. The van der Waals surface area contributed by atoms with Gasteiger partial charge in [-0.05, 0) is 23.7 Å². The molecule has 0 N–H and O–H groups in total. The van der Waals surface area contributed by atoms with Crippen molar-refractivity contribution in [2.45, 2.75) is 6.42 Å². The molecule has 0 bridgehead atoms. The largest absolute Gasteiger partial charge is 0.469 e. The van der Waals surface area contributed by atoms with Crippen LogP contribution in [0.2, 0.25) is 0 Å². The first kappa shape index (κ1) is 8.08. The van der Waals surface area contributed by atoms with Crippen molar-refractivity contribution in [1.82, 2.24) is 0 Å². The third-order valence-corrected chi connectivity index (χ3v) is 1.51. The Labute approximate surface area is 69.5 Å². The van der Waals surface area contributed by atoms with Crippen LogP contribution in [0, 0.1) is 0 Å². The summed E-state index contributed by atoms with van der Waals surface area (Å²) in [5.74, 6) is 0.698. The summed E-state index contributed by atoms with van der Waals surface area (Å²) in [5, 5.41) is -0.513. The lowest BCUT2D eigenvalue weighted by atomic mass is 10.2. The minimum atomic E-state index is -0.513. The van der Waals surface area contributed by atoms with Crippen LogP contribution in [0.4, 0.5) is 0 Å². The van der Waals surface area contributed by atoms with Gasteiger partial charge in [0.15, 0.2) is 0 Å². The quantitative estimate of drug-likeness (QED) is 0.514. The summed E-state index contributed by atoms with van der Waals surface area (Å²) >= 11 is 5.17. The van der Waals surface area contributed by atoms with Gasteiger partial charge in [0.25, 0.3) is 0 Å². The molecule has 0 aliphatic rings. The van der Waals surface area contributed by atoms with Gasteiger partial charge < -0.3 is 4.42 Å². The van der Waals surface area contributed by atoms with E-state index in [0.717, 1.165) is 0 Å². The predicted molar refractivity (Wildman–Crippen MR) is 42.4 cm³/mol. The zero-order valence-electron chi connectivity index (χ0n) is 5.84. The van der Waals surface area contributed by atoms with E-state index in [9.17, 15) is 4.79 Å². The van der Waals surface area contributed by atoms with Gasteiger partial charge in [-0.2, -0.15) is 0 Å². The van der Waals surface area contributed by atoms with Gasteiger partial charge in [0, 0.05) is 12.0 Å². The van der Waals surface area contributed by atoms with Gasteiger partial charge >= 0.3 is 0 Å². The highest BCUT2D eigenvalue weighted by Gasteiger charge is 2.05. The highest BCUT2D eigenvalue weighted by atomic mass is 35.5. The molecule has 1 rings (SSSR count). The van der Waals surface area contributed by atoms with Crippen molar-refractivity contribution in [3.05, 3.63) is 36.3 Å². The number of carbonyl (C=O) groups is 1. The van der Waals surface area contributed by atoms with Crippen molar-refractivity contribution < 1.29 is 9.21 Å². The minimum Gasteiger partial charge on any atom is -0.469 e. The Morgan fingerprint density at radius 1 is 1.73 bits per heavy atom. The first-order chi connectivity index (χ1) is 5.20. The maximum absolute atomic E-state index is 10.5. The highest BCUT2D eigenvalue weighted by Crippen LogP contribution is 2.08. The van der Waals surface area contributed by atoms with Gasteiger partial charge in [-0.3, -0.25) is 4.79 Å². The molecule has 0 fully saturated rings. The maximum atomic E-state index is 10.5. The lowest BCUT2D eigenvalue weighted by molar-refractivity contribution is -0.108. The lowest BCUT2D eigenvalue weighted by Gasteiger charge is -1.94. The highest BCUT2D eigenvalue weighted by molar-refractivity contribution is 6.67. The Hall–Kier alpha value is -1.02. The van der Waals surface area contributed by atoms with Gasteiger partial charge in [0.05, 0.1) is 6.26 Å². The number of halogens is 1. The monoisotopic (exact) mass is 170 g/mol. The Bertz CT molecular complexity index is 262. The molecule has 0 radical (unpaired) electrons. The van der Waals surface area contributed by atoms with Crippen LogP contribution in [-0.4, -0.2) is 5.24 Å². The molecule has 11 heavy (non-hydrogen) atoms. The summed E-state index contributed by atoms with van der Waals surface area (Å²) in [5.41, 5.74) is 0.349. The Balaban J connectivity index is 2.57. The van der Waals surface area contributed by atoms with Gasteiger partial charge in [-0.25, -0.2) is 0 Å². The van der Waals surface area contributed by atoms with E-state index < -0.39 is 5.24 Å². The van der Waals surface area contributed by atoms with E-state index in [0.29, 0.717) is 17.8 Å². The third kappa shape index (κ3) is 2.24. The van der Waals surface area contributed by atoms with Crippen LogP contribution in [0.15, 0.2) is 35.0 Å². The van der Waals surface area contributed by atoms with Gasteiger partial charge in [-0.15, -0.1) is 0 Å². The second kappa shape index (κ2) is 3.39. The number of rotatable bonds is 3. The van der Waals surface area contributed by atoms with Crippen LogP contribution in [0.1, 0.15) is 5.76 Å². The summed E-state index contributed by atoms with van der Waals surface area (Å²) < 4.78 is 4.98. The summed E-state index contributed by atoms with van der Waals surface area (Å²) in [6.07, 6.45) is 1.93. The van der Waals surface area contributed by atoms with E-state index >= 15 is 0 Å². The molecule has 1 aromatic rings. The van der Waals surface area contributed by atoms with Crippen LogP contribution in [0.5, 0.6) is 0 Å². The Morgan fingerprint density at radius 2 is 2.45 bits per heavy atom. The lowest BCUT2D eigenvalue weighted by Crippen LogP contribution is -1.94. The molecular formula is C8H7ClO2. The molecule has 58 valence electrons. The first-order valence-electron chi connectivity index (χ1n) is 3.10.